The van der Waals surface area contributed by atoms with Crippen LogP contribution in [0.3, 0.4) is 0 Å². The van der Waals surface area contributed by atoms with Crippen LogP contribution in [0.2, 0.25) is 0 Å². The van der Waals surface area contributed by atoms with Gasteiger partial charge in [-0.1, -0.05) is 0 Å². The van der Waals surface area contributed by atoms with Crippen molar-refractivity contribution in [2.24, 2.45) is 5.73 Å². The second-order valence-electron chi connectivity index (χ2n) is 3.48. The maximum Gasteiger partial charge on any atom is 0.166 e. The molecule has 2 rings (SSSR count). The second kappa shape index (κ2) is 3.60. The van der Waals surface area contributed by atoms with Crippen molar-refractivity contribution < 1.29 is 0 Å². The number of hydrogen-bond acceptors (Lipinski definition) is 5. The van der Waals surface area contributed by atoms with Gasteiger partial charge in [0.2, 0.25) is 0 Å². The summed E-state index contributed by atoms with van der Waals surface area (Å²) in [6, 6.07) is 4.34. The fourth-order valence-corrected chi connectivity index (χ4v) is 1.50. The molecule has 3 N–H and O–H groups in total. The minimum Gasteiger partial charge on any atom is -0.365 e. The van der Waals surface area contributed by atoms with Crippen molar-refractivity contribution in [3.8, 4) is 6.07 Å². The molecule has 1 aliphatic rings. The summed E-state index contributed by atoms with van der Waals surface area (Å²) in [6.07, 6.45) is 3.37. The number of nitrogens with two attached hydrogens (primary N) is 1. The van der Waals surface area contributed by atoms with E-state index < -0.39 is 0 Å². The van der Waals surface area contributed by atoms with E-state index in [-0.39, 0.29) is 6.04 Å². The Morgan fingerprint density at radius 1 is 1.57 bits per heavy atom. The fourth-order valence-electron chi connectivity index (χ4n) is 1.50. The summed E-state index contributed by atoms with van der Waals surface area (Å²) in [4.78, 5) is 0. The average molecular weight is 189 g/mol. The molecule has 1 fully saturated rings. The molecule has 5 heteroatoms. The van der Waals surface area contributed by atoms with Gasteiger partial charge in [0, 0.05) is 12.1 Å². The summed E-state index contributed by atoms with van der Waals surface area (Å²) in [7, 11) is 0. The van der Waals surface area contributed by atoms with Gasteiger partial charge in [0.15, 0.2) is 5.82 Å². The van der Waals surface area contributed by atoms with E-state index in [2.05, 4.69) is 21.6 Å². The highest BCUT2D eigenvalue weighted by Gasteiger charge is 2.26. The third kappa shape index (κ3) is 1.65. The van der Waals surface area contributed by atoms with Gasteiger partial charge in [-0.2, -0.15) is 10.4 Å². The van der Waals surface area contributed by atoms with Crippen LogP contribution in [0, 0.1) is 11.3 Å². The number of nitrogens with zero attached hydrogens (tertiary/aromatic N) is 3. The van der Waals surface area contributed by atoms with Gasteiger partial charge in [0.05, 0.1) is 11.8 Å². The first kappa shape index (κ1) is 8.91. The van der Waals surface area contributed by atoms with Gasteiger partial charge in [-0.15, -0.1) is 5.10 Å². The van der Waals surface area contributed by atoms with Crippen molar-refractivity contribution in [2.45, 2.75) is 24.9 Å². The molecular formula is C9H11N5. The fraction of sp³-hybridized carbons (Fsp3) is 0.444. The van der Waals surface area contributed by atoms with Gasteiger partial charge in [0.25, 0.3) is 0 Å². The Labute approximate surface area is 81.9 Å². The molecule has 1 aromatic rings. The van der Waals surface area contributed by atoms with Crippen LogP contribution in [-0.4, -0.2) is 22.3 Å². The quantitative estimate of drug-likeness (QED) is 0.696. The van der Waals surface area contributed by atoms with Crippen LogP contribution in [0.5, 0.6) is 0 Å². The Morgan fingerprint density at radius 2 is 2.36 bits per heavy atom. The van der Waals surface area contributed by atoms with Crippen LogP contribution in [0.25, 0.3) is 0 Å². The first-order chi connectivity index (χ1) is 6.79. The van der Waals surface area contributed by atoms with Crippen molar-refractivity contribution >= 4 is 5.82 Å². The number of nitriles is 1. The zero-order valence-electron chi connectivity index (χ0n) is 7.64. The maximum absolute atomic E-state index is 8.79. The summed E-state index contributed by atoms with van der Waals surface area (Å²) >= 11 is 0. The Morgan fingerprint density at radius 3 is 3.00 bits per heavy atom. The van der Waals surface area contributed by atoms with Crippen molar-refractivity contribution in [2.75, 3.05) is 5.32 Å². The molecule has 0 amide bonds. The lowest BCUT2D eigenvalue weighted by Crippen LogP contribution is -2.44. The topological polar surface area (TPSA) is 87.6 Å². The van der Waals surface area contributed by atoms with Crippen LogP contribution in [-0.2, 0) is 0 Å². The lowest BCUT2D eigenvalue weighted by molar-refractivity contribution is 0.372. The van der Waals surface area contributed by atoms with E-state index in [0.717, 1.165) is 12.8 Å². The average Bonchev–Trinajstić information content (AvgIpc) is 2.16. The molecule has 0 unspecified atom stereocenters. The highest BCUT2D eigenvalue weighted by atomic mass is 15.2. The predicted octanol–water partition coefficient (Wildman–Crippen LogP) is 0.250. The number of nitrogens with one attached hydrogen (secondary N) is 1. The zero-order chi connectivity index (χ0) is 9.97. The van der Waals surface area contributed by atoms with E-state index in [1.807, 2.05) is 0 Å². The van der Waals surface area contributed by atoms with Crippen LogP contribution >= 0.6 is 0 Å². The van der Waals surface area contributed by atoms with Crippen molar-refractivity contribution in [1.29, 1.82) is 5.26 Å². The molecule has 5 nitrogen and oxygen atoms in total. The van der Waals surface area contributed by atoms with E-state index in [1.54, 1.807) is 6.07 Å². The maximum atomic E-state index is 8.79. The van der Waals surface area contributed by atoms with Gasteiger partial charge in [-0.25, -0.2) is 0 Å². The molecule has 0 spiro atoms. The molecule has 72 valence electrons. The molecule has 1 heterocycles. The largest absolute Gasteiger partial charge is 0.365 e. The van der Waals surface area contributed by atoms with Crippen molar-refractivity contribution in [3.63, 3.8) is 0 Å². The summed E-state index contributed by atoms with van der Waals surface area (Å²) in [5.74, 6) is 0.562. The van der Waals surface area contributed by atoms with E-state index in [9.17, 15) is 0 Å². The van der Waals surface area contributed by atoms with Crippen LogP contribution < -0.4 is 11.1 Å². The predicted molar refractivity (Wildman–Crippen MR) is 51.4 cm³/mol. The van der Waals surface area contributed by atoms with Crippen LogP contribution in [0.4, 0.5) is 5.82 Å². The molecule has 0 atom stereocenters. The van der Waals surface area contributed by atoms with Gasteiger partial charge in [-0.3, -0.25) is 0 Å². The zero-order valence-corrected chi connectivity index (χ0v) is 7.64. The molecule has 0 saturated heterocycles. The van der Waals surface area contributed by atoms with Crippen molar-refractivity contribution in [1.82, 2.24) is 10.2 Å². The van der Waals surface area contributed by atoms with Gasteiger partial charge in [-0.05, 0) is 18.9 Å². The van der Waals surface area contributed by atoms with Gasteiger partial charge >= 0.3 is 0 Å². The normalized spacial score (nSPS) is 24.9. The summed E-state index contributed by atoms with van der Waals surface area (Å²) < 4.78 is 0. The minimum absolute atomic E-state index is 0.287. The molecule has 0 aromatic carbocycles. The Balaban J connectivity index is 2.06. The molecule has 1 saturated carbocycles. The molecule has 1 aliphatic carbocycles. The molecule has 1 aromatic heterocycles. The third-order valence-corrected chi connectivity index (χ3v) is 2.36. The van der Waals surface area contributed by atoms with Gasteiger partial charge in [0.1, 0.15) is 6.07 Å². The molecule has 0 radical (unpaired) electrons. The van der Waals surface area contributed by atoms with Crippen molar-refractivity contribution in [3.05, 3.63) is 17.8 Å². The highest BCUT2D eigenvalue weighted by molar-refractivity contribution is 5.51. The lowest BCUT2D eigenvalue weighted by atomic mass is 9.87. The van der Waals surface area contributed by atoms with E-state index in [0.29, 0.717) is 17.4 Å². The third-order valence-electron chi connectivity index (χ3n) is 2.36. The SMILES string of the molecule is N#Cc1ccnnc1NC1CC(N)C1. The lowest BCUT2D eigenvalue weighted by Gasteiger charge is -2.33. The van der Waals surface area contributed by atoms with Crippen LogP contribution in [0.15, 0.2) is 12.3 Å². The Hall–Kier alpha value is -1.67. The Bertz CT molecular complexity index is 364. The first-order valence-corrected chi connectivity index (χ1v) is 4.53. The molecular weight excluding hydrogens is 178 g/mol. The smallest absolute Gasteiger partial charge is 0.166 e. The molecule has 0 bridgehead atoms. The first-order valence-electron chi connectivity index (χ1n) is 4.53. The van der Waals surface area contributed by atoms with Gasteiger partial charge < -0.3 is 11.1 Å². The number of anilines is 1. The second-order valence-corrected chi connectivity index (χ2v) is 3.48. The standard InChI is InChI=1S/C9H11N5/c10-5-6-1-2-12-14-9(6)13-8-3-7(11)4-8/h1-2,7-8H,3-4,11H2,(H,13,14). The van der Waals surface area contributed by atoms with E-state index in [4.69, 9.17) is 11.0 Å². The number of aromatic nitrogens is 2. The minimum atomic E-state index is 0.287. The number of rotatable bonds is 2. The highest BCUT2D eigenvalue weighted by Crippen LogP contribution is 2.22. The summed E-state index contributed by atoms with van der Waals surface area (Å²) in [5, 5.41) is 19.5. The number of hydrogen-bond donors (Lipinski definition) is 2. The van der Waals surface area contributed by atoms with E-state index >= 15 is 0 Å². The summed E-state index contributed by atoms with van der Waals surface area (Å²) in [6.45, 7) is 0. The molecule has 0 aliphatic heterocycles. The monoisotopic (exact) mass is 189 g/mol. The van der Waals surface area contributed by atoms with E-state index in [1.165, 1.54) is 6.20 Å². The molecule has 14 heavy (non-hydrogen) atoms. The Kier molecular flexibility index (Phi) is 2.29. The van der Waals surface area contributed by atoms with Crippen LogP contribution in [0.1, 0.15) is 18.4 Å². The summed E-state index contributed by atoms with van der Waals surface area (Å²) in [5.41, 5.74) is 6.18.